The van der Waals surface area contributed by atoms with Crippen LogP contribution in [0.5, 0.6) is 0 Å². The third-order valence-electron chi connectivity index (χ3n) is 8.78. The Morgan fingerprint density at radius 3 is 2.41 bits per heavy atom. The number of cyclic esters (lactones) is 1. The van der Waals surface area contributed by atoms with Crippen molar-refractivity contribution < 1.29 is 24.2 Å². The number of aromatic nitrogens is 2. The molecule has 0 bridgehead atoms. The number of amides is 1. The summed E-state index contributed by atoms with van der Waals surface area (Å²) in [6.45, 7) is 11.0. The maximum absolute atomic E-state index is 13.0. The maximum atomic E-state index is 13.0. The average molecular weight is 572 g/mol. The van der Waals surface area contributed by atoms with Crippen molar-refractivity contribution in [2.45, 2.75) is 77.2 Å². The summed E-state index contributed by atoms with van der Waals surface area (Å²) in [6, 6.07) is 0.392. The topological polar surface area (TPSA) is 100 Å². The van der Waals surface area contributed by atoms with Crippen molar-refractivity contribution in [2.75, 3.05) is 53.4 Å². The molecular weight excluding hydrogens is 522 g/mol. The molecule has 4 rings (SSSR count). The molecule has 3 aliphatic rings. The zero-order valence-electron chi connectivity index (χ0n) is 25.4. The minimum absolute atomic E-state index is 0.0135. The highest BCUT2D eigenvalue weighted by Gasteiger charge is 2.29. The molecule has 1 aromatic heterocycles. The number of aliphatic hydroxyl groups is 1. The second-order valence-corrected chi connectivity index (χ2v) is 12.4. The molecular formula is C31H49N5O5. The summed E-state index contributed by atoms with van der Waals surface area (Å²) < 4.78 is 14.0. The lowest BCUT2D eigenvalue weighted by Crippen LogP contribution is -2.48. The van der Waals surface area contributed by atoms with Crippen molar-refractivity contribution in [2.24, 2.45) is 11.8 Å². The van der Waals surface area contributed by atoms with Gasteiger partial charge in [0.25, 0.3) is 0 Å². The molecule has 2 saturated heterocycles. The lowest BCUT2D eigenvalue weighted by Gasteiger charge is -2.33. The van der Waals surface area contributed by atoms with Gasteiger partial charge < -0.3 is 29.3 Å². The van der Waals surface area contributed by atoms with E-state index in [1.54, 1.807) is 4.90 Å². The molecule has 3 aliphatic heterocycles. The van der Waals surface area contributed by atoms with Gasteiger partial charge in [0.1, 0.15) is 12.2 Å². The number of esters is 1. The van der Waals surface area contributed by atoms with Gasteiger partial charge in [-0.25, -0.2) is 4.79 Å². The number of piperidine rings is 1. The van der Waals surface area contributed by atoms with E-state index in [0.29, 0.717) is 32.0 Å². The Labute approximate surface area is 244 Å². The molecule has 0 aromatic carbocycles. The van der Waals surface area contributed by atoms with Gasteiger partial charge in [-0.3, -0.25) is 9.48 Å². The number of nitrogens with zero attached hydrogens (tertiary/aromatic N) is 5. The first kappa shape index (κ1) is 31.3. The fourth-order valence-electron chi connectivity index (χ4n) is 5.86. The van der Waals surface area contributed by atoms with Gasteiger partial charge in [-0.2, -0.15) is 5.10 Å². The molecule has 10 nitrogen and oxygen atoms in total. The Hall–Kier alpha value is -2.69. The molecule has 0 spiro atoms. The zero-order chi connectivity index (χ0) is 29.5. The zero-order valence-corrected chi connectivity index (χ0v) is 25.4. The minimum Gasteiger partial charge on any atom is -0.457 e. The van der Waals surface area contributed by atoms with Crippen LogP contribution in [0.3, 0.4) is 0 Å². The highest BCUT2D eigenvalue weighted by Crippen LogP contribution is 2.27. The molecule has 0 saturated carbocycles. The third-order valence-corrected chi connectivity index (χ3v) is 8.78. The number of likely N-dealkylation sites (tertiary alicyclic amines) is 1. The Morgan fingerprint density at radius 2 is 1.71 bits per heavy atom. The third kappa shape index (κ3) is 8.90. The van der Waals surface area contributed by atoms with Gasteiger partial charge in [0.05, 0.1) is 24.8 Å². The number of piperazine rings is 1. The van der Waals surface area contributed by atoms with Crippen molar-refractivity contribution in [1.29, 1.82) is 0 Å². The monoisotopic (exact) mass is 571 g/mol. The molecule has 228 valence electrons. The van der Waals surface area contributed by atoms with Crippen LogP contribution in [0.4, 0.5) is 4.79 Å². The van der Waals surface area contributed by atoms with Crippen molar-refractivity contribution in [3.05, 3.63) is 35.7 Å². The van der Waals surface area contributed by atoms with Crippen LogP contribution in [0.25, 0.3) is 6.08 Å². The number of aliphatic hydroxyl groups excluding tert-OH is 1. The van der Waals surface area contributed by atoms with Crippen LogP contribution in [0, 0.1) is 11.8 Å². The van der Waals surface area contributed by atoms with E-state index in [4.69, 9.17) is 9.47 Å². The predicted octanol–water partition coefficient (Wildman–Crippen LogP) is 3.59. The van der Waals surface area contributed by atoms with E-state index in [2.05, 4.69) is 32.8 Å². The van der Waals surface area contributed by atoms with E-state index >= 15 is 0 Å². The quantitative estimate of drug-likeness (QED) is 0.432. The average Bonchev–Trinajstić information content (AvgIpc) is 3.40. The lowest BCUT2D eigenvalue weighted by atomic mass is 9.92. The Bertz CT molecular complexity index is 1070. The molecule has 0 unspecified atom stereocenters. The van der Waals surface area contributed by atoms with Gasteiger partial charge in [0.2, 0.25) is 0 Å². The molecule has 1 N–H and O–H groups in total. The molecule has 0 aliphatic carbocycles. The van der Waals surface area contributed by atoms with E-state index < -0.39 is 24.3 Å². The SMILES string of the molecule is C/C(=C\c1cnn(C2CCN(C)CC2)c1)[C@H]1OC(=O)C[C@H](O)CC[C@H](C)[C@H](OC(=O)N2CCN(C)CC2)/C=C/[C@@H]1C. The molecule has 0 radical (unpaired) electrons. The summed E-state index contributed by atoms with van der Waals surface area (Å²) in [5.74, 6) is -0.600. The summed E-state index contributed by atoms with van der Waals surface area (Å²) >= 11 is 0. The molecule has 10 heteroatoms. The smallest absolute Gasteiger partial charge is 0.410 e. The predicted molar refractivity (Wildman–Crippen MR) is 158 cm³/mol. The molecule has 4 heterocycles. The number of carbonyl (C=O) groups is 2. The Kier molecular flexibility index (Phi) is 11.0. The summed E-state index contributed by atoms with van der Waals surface area (Å²) in [5, 5.41) is 15.2. The summed E-state index contributed by atoms with van der Waals surface area (Å²) in [5.41, 5.74) is 1.86. The fourth-order valence-corrected chi connectivity index (χ4v) is 5.86. The van der Waals surface area contributed by atoms with Gasteiger partial charge in [-0.15, -0.1) is 0 Å². The molecule has 2 fully saturated rings. The van der Waals surface area contributed by atoms with Crippen LogP contribution in [0.2, 0.25) is 0 Å². The van der Waals surface area contributed by atoms with Crippen molar-refractivity contribution in [3.8, 4) is 0 Å². The van der Waals surface area contributed by atoms with Crippen molar-refractivity contribution >= 4 is 18.1 Å². The highest BCUT2D eigenvalue weighted by atomic mass is 16.6. The molecule has 1 aromatic rings. The number of carbonyl (C=O) groups excluding carboxylic acids is 2. The van der Waals surface area contributed by atoms with Crippen LogP contribution in [-0.2, 0) is 14.3 Å². The normalized spacial score (nSPS) is 31.2. The fraction of sp³-hybridized carbons (Fsp3) is 0.710. The van der Waals surface area contributed by atoms with Crippen molar-refractivity contribution in [1.82, 2.24) is 24.5 Å². The Balaban J connectivity index is 1.50. The molecule has 41 heavy (non-hydrogen) atoms. The second-order valence-electron chi connectivity index (χ2n) is 12.4. The van der Waals surface area contributed by atoms with Crippen molar-refractivity contribution in [3.63, 3.8) is 0 Å². The molecule has 1 amide bonds. The summed E-state index contributed by atoms with van der Waals surface area (Å²) in [7, 11) is 4.20. The van der Waals surface area contributed by atoms with Crippen LogP contribution >= 0.6 is 0 Å². The highest BCUT2D eigenvalue weighted by molar-refractivity contribution is 5.71. The Morgan fingerprint density at radius 1 is 1.02 bits per heavy atom. The lowest BCUT2D eigenvalue weighted by molar-refractivity contribution is -0.151. The standard InChI is InChI=1S/C31H49N5O5/c1-22-6-8-27(37)19-29(38)41-30(23(2)7-9-28(22)40-31(39)35-16-14-34(5)15-17-35)24(3)18-25-20-32-36(21-25)26-10-12-33(4)13-11-26/h7,9,18,20-23,26-28,30,37H,6,8,10-17,19H2,1-5H3/b9-7+,24-18+/t22-,23-,27+,28+,30-/m0/s1. The second kappa shape index (κ2) is 14.5. The summed E-state index contributed by atoms with van der Waals surface area (Å²) in [4.78, 5) is 32.1. The van der Waals surface area contributed by atoms with Crippen LogP contribution in [0.15, 0.2) is 30.1 Å². The number of ether oxygens (including phenoxy) is 2. The first-order valence-corrected chi connectivity index (χ1v) is 15.2. The van der Waals surface area contributed by atoms with E-state index in [0.717, 1.165) is 50.2 Å². The van der Waals surface area contributed by atoms with E-state index in [1.807, 2.05) is 52.2 Å². The van der Waals surface area contributed by atoms with Gasteiger partial charge in [-0.05, 0) is 83.4 Å². The molecule has 5 atom stereocenters. The van der Waals surface area contributed by atoms with E-state index in [9.17, 15) is 14.7 Å². The van der Waals surface area contributed by atoms with Crippen LogP contribution in [-0.4, -0.2) is 113 Å². The van der Waals surface area contributed by atoms with Gasteiger partial charge >= 0.3 is 12.1 Å². The number of hydrogen-bond acceptors (Lipinski definition) is 8. The number of likely N-dealkylation sites (N-methyl/N-ethyl adjacent to an activating group) is 1. The van der Waals surface area contributed by atoms with E-state index in [1.165, 1.54) is 0 Å². The van der Waals surface area contributed by atoms with Gasteiger partial charge in [-0.1, -0.05) is 19.9 Å². The van der Waals surface area contributed by atoms with Gasteiger partial charge in [0.15, 0.2) is 0 Å². The number of rotatable bonds is 4. The summed E-state index contributed by atoms with van der Waals surface area (Å²) in [6.07, 6.45) is 10.9. The maximum Gasteiger partial charge on any atom is 0.410 e. The first-order chi connectivity index (χ1) is 19.6. The number of hydrogen-bond donors (Lipinski definition) is 1. The first-order valence-electron chi connectivity index (χ1n) is 15.2. The van der Waals surface area contributed by atoms with E-state index in [-0.39, 0.29) is 24.3 Å². The minimum atomic E-state index is -0.810. The largest absolute Gasteiger partial charge is 0.457 e. The van der Waals surface area contributed by atoms with Gasteiger partial charge in [0, 0.05) is 43.9 Å². The van der Waals surface area contributed by atoms with Crippen LogP contribution < -0.4 is 0 Å². The van der Waals surface area contributed by atoms with Crippen LogP contribution in [0.1, 0.15) is 64.5 Å².